The SMILES string of the molecule is CC(CO)[C@@]1(O)C[C@H]2CC[C@]1(C)C2(C)C. The van der Waals surface area contributed by atoms with Gasteiger partial charge in [-0.05, 0) is 30.6 Å². The van der Waals surface area contributed by atoms with Crippen LogP contribution in [-0.2, 0) is 0 Å². The van der Waals surface area contributed by atoms with Crippen LogP contribution in [0.1, 0.15) is 47.0 Å². The first-order valence-corrected chi connectivity index (χ1v) is 6.13. The second-order valence-electron chi connectivity index (χ2n) is 6.50. The van der Waals surface area contributed by atoms with Crippen molar-refractivity contribution in [3.05, 3.63) is 0 Å². The lowest BCUT2D eigenvalue weighted by molar-refractivity contribution is -0.135. The summed E-state index contributed by atoms with van der Waals surface area (Å²) in [7, 11) is 0. The molecule has 0 aromatic carbocycles. The molecule has 0 aromatic rings. The van der Waals surface area contributed by atoms with Crippen LogP contribution in [0.5, 0.6) is 0 Å². The van der Waals surface area contributed by atoms with E-state index in [-0.39, 0.29) is 23.4 Å². The highest BCUT2D eigenvalue weighted by Crippen LogP contribution is 2.71. The zero-order valence-electron chi connectivity index (χ0n) is 10.4. The van der Waals surface area contributed by atoms with Gasteiger partial charge in [0.05, 0.1) is 5.60 Å². The van der Waals surface area contributed by atoms with Crippen LogP contribution in [-0.4, -0.2) is 22.4 Å². The number of aliphatic hydroxyl groups is 2. The molecule has 2 nitrogen and oxygen atoms in total. The molecule has 2 aliphatic rings. The van der Waals surface area contributed by atoms with Crippen molar-refractivity contribution in [1.82, 2.24) is 0 Å². The molecule has 0 amide bonds. The first kappa shape index (κ1) is 11.4. The molecule has 2 N–H and O–H groups in total. The van der Waals surface area contributed by atoms with Gasteiger partial charge in [0.25, 0.3) is 0 Å². The minimum absolute atomic E-state index is 0.00734. The molecular weight excluding hydrogens is 188 g/mol. The van der Waals surface area contributed by atoms with Gasteiger partial charge < -0.3 is 10.2 Å². The van der Waals surface area contributed by atoms with E-state index in [0.29, 0.717) is 5.92 Å². The molecule has 2 saturated carbocycles. The number of rotatable bonds is 2. The number of fused-ring (bicyclic) bond motifs is 2. The topological polar surface area (TPSA) is 40.5 Å². The van der Waals surface area contributed by atoms with Crippen LogP contribution < -0.4 is 0 Å². The second-order valence-corrected chi connectivity index (χ2v) is 6.50. The van der Waals surface area contributed by atoms with Crippen LogP contribution in [0.15, 0.2) is 0 Å². The van der Waals surface area contributed by atoms with Gasteiger partial charge in [0.15, 0.2) is 0 Å². The largest absolute Gasteiger partial charge is 0.396 e. The Labute approximate surface area is 92.7 Å². The molecule has 0 spiro atoms. The van der Waals surface area contributed by atoms with Crippen molar-refractivity contribution in [2.75, 3.05) is 6.61 Å². The minimum atomic E-state index is -0.659. The summed E-state index contributed by atoms with van der Waals surface area (Å²) in [6, 6.07) is 0. The molecule has 0 heterocycles. The zero-order valence-corrected chi connectivity index (χ0v) is 10.4. The normalized spacial score (nSPS) is 49.6. The Morgan fingerprint density at radius 1 is 1.33 bits per heavy atom. The number of hydrogen-bond acceptors (Lipinski definition) is 2. The van der Waals surface area contributed by atoms with Gasteiger partial charge in [0.1, 0.15) is 0 Å². The maximum atomic E-state index is 10.9. The van der Waals surface area contributed by atoms with Gasteiger partial charge in [0, 0.05) is 17.9 Å². The summed E-state index contributed by atoms with van der Waals surface area (Å²) < 4.78 is 0. The molecule has 2 fully saturated rings. The van der Waals surface area contributed by atoms with Gasteiger partial charge >= 0.3 is 0 Å². The fourth-order valence-corrected chi connectivity index (χ4v) is 4.22. The molecule has 0 aromatic heterocycles. The summed E-state index contributed by atoms with van der Waals surface area (Å²) in [5.74, 6) is 0.619. The van der Waals surface area contributed by atoms with E-state index in [2.05, 4.69) is 20.8 Å². The van der Waals surface area contributed by atoms with Crippen molar-refractivity contribution in [2.24, 2.45) is 22.7 Å². The van der Waals surface area contributed by atoms with Crippen LogP contribution in [0, 0.1) is 22.7 Å². The van der Waals surface area contributed by atoms with Crippen LogP contribution >= 0.6 is 0 Å². The molecule has 0 aliphatic heterocycles. The van der Waals surface area contributed by atoms with Crippen molar-refractivity contribution < 1.29 is 10.2 Å². The number of aliphatic hydroxyl groups excluding tert-OH is 1. The molecule has 88 valence electrons. The first-order valence-electron chi connectivity index (χ1n) is 6.13. The number of hydrogen-bond donors (Lipinski definition) is 2. The Morgan fingerprint density at radius 2 is 1.93 bits per heavy atom. The molecule has 2 heteroatoms. The third-order valence-corrected chi connectivity index (χ3v) is 6.04. The summed E-state index contributed by atoms with van der Waals surface area (Å²) >= 11 is 0. The fraction of sp³-hybridized carbons (Fsp3) is 1.00. The molecule has 2 aliphatic carbocycles. The monoisotopic (exact) mass is 212 g/mol. The molecule has 2 bridgehead atoms. The van der Waals surface area contributed by atoms with E-state index < -0.39 is 5.60 Å². The van der Waals surface area contributed by atoms with E-state index in [4.69, 9.17) is 0 Å². The highest BCUT2D eigenvalue weighted by Gasteiger charge is 2.69. The molecule has 0 radical (unpaired) electrons. The van der Waals surface area contributed by atoms with Crippen molar-refractivity contribution in [2.45, 2.75) is 52.6 Å². The van der Waals surface area contributed by atoms with Gasteiger partial charge in [-0.25, -0.2) is 0 Å². The van der Waals surface area contributed by atoms with Crippen molar-refractivity contribution >= 4 is 0 Å². The van der Waals surface area contributed by atoms with Gasteiger partial charge in [0.2, 0.25) is 0 Å². The van der Waals surface area contributed by atoms with E-state index in [1.165, 1.54) is 6.42 Å². The van der Waals surface area contributed by atoms with E-state index in [0.717, 1.165) is 12.8 Å². The average molecular weight is 212 g/mol. The van der Waals surface area contributed by atoms with Crippen molar-refractivity contribution in [1.29, 1.82) is 0 Å². The van der Waals surface area contributed by atoms with Gasteiger partial charge in [-0.15, -0.1) is 0 Å². The summed E-state index contributed by atoms with van der Waals surface area (Å²) in [5.41, 5.74) is -0.466. The van der Waals surface area contributed by atoms with E-state index in [1.54, 1.807) is 0 Å². The Balaban J connectivity index is 2.40. The predicted octanol–water partition coefficient (Wildman–Crippen LogP) is 2.19. The van der Waals surface area contributed by atoms with Gasteiger partial charge in [-0.2, -0.15) is 0 Å². The fourth-order valence-electron chi connectivity index (χ4n) is 4.22. The molecular formula is C13H24O2. The third kappa shape index (κ3) is 1.07. The van der Waals surface area contributed by atoms with Crippen LogP contribution in [0.2, 0.25) is 0 Å². The smallest absolute Gasteiger partial charge is 0.0756 e. The lowest BCUT2D eigenvalue weighted by atomic mass is 9.61. The standard InChI is InChI=1S/C13H24O2/c1-9(8-14)13(15)7-10-5-6-12(13,4)11(10,2)3/h9-10,14-15H,5-8H2,1-4H3/t9?,10-,12-,13+/m1/s1. The lowest BCUT2D eigenvalue weighted by Crippen LogP contribution is -2.52. The minimum Gasteiger partial charge on any atom is -0.396 e. The van der Waals surface area contributed by atoms with E-state index >= 15 is 0 Å². The molecule has 2 rings (SSSR count). The molecule has 1 unspecified atom stereocenters. The Kier molecular flexibility index (Phi) is 2.27. The summed E-state index contributed by atoms with van der Waals surface area (Å²) in [6.07, 6.45) is 3.22. The maximum absolute atomic E-state index is 10.9. The van der Waals surface area contributed by atoms with E-state index in [1.807, 2.05) is 6.92 Å². The highest BCUT2D eigenvalue weighted by atomic mass is 16.3. The average Bonchev–Trinajstić information content (AvgIpc) is 2.48. The molecule has 15 heavy (non-hydrogen) atoms. The molecule has 4 atom stereocenters. The third-order valence-electron chi connectivity index (χ3n) is 6.04. The van der Waals surface area contributed by atoms with Gasteiger partial charge in [-0.3, -0.25) is 0 Å². The summed E-state index contributed by atoms with van der Waals surface area (Å²) in [6.45, 7) is 8.85. The Hall–Kier alpha value is -0.0800. The predicted molar refractivity (Wildman–Crippen MR) is 60.4 cm³/mol. The zero-order chi connectivity index (χ0) is 11.5. The van der Waals surface area contributed by atoms with Gasteiger partial charge in [-0.1, -0.05) is 27.7 Å². The highest BCUT2D eigenvalue weighted by molar-refractivity contribution is 5.18. The van der Waals surface area contributed by atoms with Crippen molar-refractivity contribution in [3.63, 3.8) is 0 Å². The van der Waals surface area contributed by atoms with Crippen molar-refractivity contribution in [3.8, 4) is 0 Å². The lowest BCUT2D eigenvalue weighted by Gasteiger charge is -2.48. The summed E-state index contributed by atoms with van der Waals surface area (Å²) in [4.78, 5) is 0. The Bertz CT molecular complexity index is 274. The second kappa shape index (κ2) is 2.98. The first-order chi connectivity index (χ1) is 6.79. The maximum Gasteiger partial charge on any atom is 0.0756 e. The van der Waals surface area contributed by atoms with Crippen LogP contribution in [0.4, 0.5) is 0 Å². The Morgan fingerprint density at radius 3 is 2.27 bits per heavy atom. The van der Waals surface area contributed by atoms with Crippen LogP contribution in [0.3, 0.4) is 0 Å². The van der Waals surface area contributed by atoms with Crippen LogP contribution in [0.25, 0.3) is 0 Å². The molecule has 0 saturated heterocycles. The quantitative estimate of drug-likeness (QED) is 0.736. The summed E-state index contributed by atoms with van der Waals surface area (Å²) in [5, 5.41) is 20.2. The van der Waals surface area contributed by atoms with E-state index in [9.17, 15) is 10.2 Å².